The minimum atomic E-state index is -0.284. The largest absolute Gasteiger partial charge is 0.467 e. The van der Waals surface area contributed by atoms with Crippen LogP contribution in [0.25, 0.3) is 0 Å². The standard InChI is InChI=1S/C13H21N3O2/c1-9(2)12(13(17)18-3)16-8-15-7-11(16)10-4-5-14-6-10/h7-10,12,14H,4-6H2,1-3H3. The van der Waals surface area contributed by atoms with E-state index in [4.69, 9.17) is 4.74 Å². The van der Waals surface area contributed by atoms with Gasteiger partial charge in [0.05, 0.1) is 13.4 Å². The van der Waals surface area contributed by atoms with Crippen molar-refractivity contribution in [2.45, 2.75) is 32.2 Å². The molecule has 0 aromatic carbocycles. The summed E-state index contributed by atoms with van der Waals surface area (Å²) in [7, 11) is 1.44. The second-order valence-electron chi connectivity index (χ2n) is 5.13. The van der Waals surface area contributed by atoms with Gasteiger partial charge in [0.15, 0.2) is 0 Å². The van der Waals surface area contributed by atoms with Gasteiger partial charge in [0.2, 0.25) is 0 Å². The molecule has 2 rings (SSSR count). The lowest BCUT2D eigenvalue weighted by atomic mass is 10.0. The van der Waals surface area contributed by atoms with Crippen LogP contribution in [-0.2, 0) is 9.53 Å². The summed E-state index contributed by atoms with van der Waals surface area (Å²) in [5.41, 5.74) is 1.13. The molecule has 5 nitrogen and oxygen atoms in total. The van der Waals surface area contributed by atoms with Crippen LogP contribution < -0.4 is 5.32 Å². The molecule has 2 atom stereocenters. The van der Waals surface area contributed by atoms with Gasteiger partial charge in [-0.15, -0.1) is 0 Å². The average Bonchev–Trinajstić information content (AvgIpc) is 2.97. The lowest BCUT2D eigenvalue weighted by Crippen LogP contribution is -2.27. The number of rotatable bonds is 4. The number of esters is 1. The number of aromatic nitrogens is 2. The Bertz CT molecular complexity index is 408. The molecule has 2 unspecified atom stereocenters. The summed E-state index contributed by atoms with van der Waals surface area (Å²) in [6, 6.07) is -0.284. The Balaban J connectivity index is 2.30. The van der Waals surface area contributed by atoms with Crippen LogP contribution in [0.1, 0.15) is 37.9 Å². The van der Waals surface area contributed by atoms with Crippen molar-refractivity contribution in [1.82, 2.24) is 14.9 Å². The zero-order valence-corrected chi connectivity index (χ0v) is 11.2. The maximum atomic E-state index is 11.9. The van der Waals surface area contributed by atoms with Crippen molar-refractivity contribution in [3.05, 3.63) is 18.2 Å². The van der Waals surface area contributed by atoms with Crippen molar-refractivity contribution in [2.24, 2.45) is 5.92 Å². The highest BCUT2D eigenvalue weighted by Gasteiger charge is 2.29. The fraction of sp³-hybridized carbons (Fsp3) is 0.692. The molecule has 18 heavy (non-hydrogen) atoms. The molecule has 1 aliphatic heterocycles. The lowest BCUT2D eigenvalue weighted by molar-refractivity contribution is -0.146. The molecule has 0 bridgehead atoms. The van der Waals surface area contributed by atoms with E-state index in [0.29, 0.717) is 5.92 Å². The number of ether oxygens (including phenoxy) is 1. The third-order valence-corrected chi connectivity index (χ3v) is 3.55. The van der Waals surface area contributed by atoms with Crippen molar-refractivity contribution in [3.63, 3.8) is 0 Å². The molecule has 5 heteroatoms. The van der Waals surface area contributed by atoms with Gasteiger partial charge in [-0.2, -0.15) is 0 Å². The zero-order chi connectivity index (χ0) is 13.1. The van der Waals surface area contributed by atoms with E-state index >= 15 is 0 Å². The first kappa shape index (κ1) is 13.1. The molecule has 2 heterocycles. The Kier molecular flexibility index (Phi) is 4.01. The van der Waals surface area contributed by atoms with Crippen molar-refractivity contribution >= 4 is 5.97 Å². The Labute approximate surface area is 108 Å². The maximum Gasteiger partial charge on any atom is 0.329 e. The number of nitrogens with one attached hydrogen (secondary N) is 1. The van der Waals surface area contributed by atoms with Crippen LogP contribution in [0.5, 0.6) is 0 Å². The predicted octanol–water partition coefficient (Wildman–Crippen LogP) is 1.33. The van der Waals surface area contributed by atoms with E-state index in [1.54, 1.807) is 6.33 Å². The van der Waals surface area contributed by atoms with Gasteiger partial charge in [-0.05, 0) is 18.9 Å². The van der Waals surface area contributed by atoms with Gasteiger partial charge < -0.3 is 14.6 Å². The van der Waals surface area contributed by atoms with Crippen molar-refractivity contribution in [1.29, 1.82) is 0 Å². The molecule has 1 aliphatic rings. The van der Waals surface area contributed by atoms with E-state index in [1.165, 1.54) is 7.11 Å². The van der Waals surface area contributed by atoms with E-state index in [9.17, 15) is 4.79 Å². The topological polar surface area (TPSA) is 56.2 Å². The number of carbonyl (C=O) groups is 1. The first-order valence-electron chi connectivity index (χ1n) is 6.45. The monoisotopic (exact) mass is 251 g/mol. The van der Waals surface area contributed by atoms with Crippen molar-refractivity contribution in [3.8, 4) is 0 Å². The highest BCUT2D eigenvalue weighted by atomic mass is 16.5. The van der Waals surface area contributed by atoms with E-state index in [-0.39, 0.29) is 17.9 Å². The molecular formula is C13H21N3O2. The summed E-state index contributed by atoms with van der Waals surface area (Å²) in [4.78, 5) is 16.1. The molecule has 0 amide bonds. The lowest BCUT2D eigenvalue weighted by Gasteiger charge is -2.23. The van der Waals surface area contributed by atoms with Gasteiger partial charge in [0.1, 0.15) is 6.04 Å². The number of hydrogen-bond acceptors (Lipinski definition) is 4. The average molecular weight is 251 g/mol. The van der Waals surface area contributed by atoms with Gasteiger partial charge in [0, 0.05) is 24.4 Å². The first-order chi connectivity index (χ1) is 8.65. The molecule has 1 aromatic rings. The van der Waals surface area contributed by atoms with Gasteiger partial charge in [-0.25, -0.2) is 9.78 Å². The predicted molar refractivity (Wildman–Crippen MR) is 68.3 cm³/mol. The fourth-order valence-corrected chi connectivity index (χ4v) is 2.60. The molecule has 1 saturated heterocycles. The minimum absolute atomic E-state index is 0.180. The van der Waals surface area contributed by atoms with E-state index in [0.717, 1.165) is 25.2 Å². The van der Waals surface area contributed by atoms with Crippen molar-refractivity contribution in [2.75, 3.05) is 20.2 Å². The van der Waals surface area contributed by atoms with Crippen LogP contribution in [0.4, 0.5) is 0 Å². The number of methoxy groups -OCH3 is 1. The molecule has 1 N–H and O–H groups in total. The molecule has 0 saturated carbocycles. The summed E-state index contributed by atoms with van der Waals surface area (Å²) in [5.74, 6) is 0.424. The zero-order valence-electron chi connectivity index (χ0n) is 11.2. The van der Waals surface area contributed by atoms with E-state index in [1.807, 2.05) is 24.6 Å². The van der Waals surface area contributed by atoms with Crippen LogP contribution in [0.3, 0.4) is 0 Å². The summed E-state index contributed by atoms with van der Waals surface area (Å²) in [6.07, 6.45) is 4.71. The van der Waals surface area contributed by atoms with Gasteiger partial charge >= 0.3 is 5.97 Å². The molecule has 0 aliphatic carbocycles. The van der Waals surface area contributed by atoms with Gasteiger partial charge in [-0.3, -0.25) is 0 Å². The van der Waals surface area contributed by atoms with Crippen molar-refractivity contribution < 1.29 is 9.53 Å². The third kappa shape index (κ3) is 2.41. The number of nitrogens with zero attached hydrogens (tertiary/aromatic N) is 2. The Morgan fingerprint density at radius 2 is 2.39 bits per heavy atom. The second-order valence-corrected chi connectivity index (χ2v) is 5.13. The quantitative estimate of drug-likeness (QED) is 0.820. The third-order valence-electron chi connectivity index (χ3n) is 3.55. The fourth-order valence-electron chi connectivity index (χ4n) is 2.60. The highest BCUT2D eigenvalue weighted by Crippen LogP contribution is 2.28. The Hall–Kier alpha value is -1.36. The van der Waals surface area contributed by atoms with Gasteiger partial charge in [0.25, 0.3) is 0 Å². The SMILES string of the molecule is COC(=O)C(C(C)C)n1cncc1C1CCNC1. The summed E-state index contributed by atoms with van der Waals surface area (Å²) >= 11 is 0. The second kappa shape index (κ2) is 5.52. The normalized spacial score (nSPS) is 21.2. The van der Waals surface area contributed by atoms with Crippen LogP contribution >= 0.6 is 0 Å². The first-order valence-corrected chi connectivity index (χ1v) is 6.45. The van der Waals surface area contributed by atoms with Crippen LogP contribution in [0, 0.1) is 5.92 Å². The van der Waals surface area contributed by atoms with Crippen LogP contribution in [0.15, 0.2) is 12.5 Å². The number of imidazole rings is 1. The number of hydrogen-bond donors (Lipinski definition) is 1. The molecule has 1 aromatic heterocycles. The molecule has 1 fully saturated rings. The summed E-state index contributed by atoms with van der Waals surface area (Å²) < 4.78 is 6.89. The minimum Gasteiger partial charge on any atom is -0.467 e. The summed E-state index contributed by atoms with van der Waals surface area (Å²) in [5, 5.41) is 3.34. The molecule has 100 valence electrons. The maximum absolute atomic E-state index is 11.9. The van der Waals surface area contributed by atoms with Crippen LogP contribution in [0.2, 0.25) is 0 Å². The highest BCUT2D eigenvalue weighted by molar-refractivity contribution is 5.74. The van der Waals surface area contributed by atoms with E-state index in [2.05, 4.69) is 10.3 Å². The molecule has 0 spiro atoms. The van der Waals surface area contributed by atoms with Crippen LogP contribution in [-0.4, -0.2) is 35.7 Å². The van der Waals surface area contributed by atoms with E-state index < -0.39 is 0 Å². The Morgan fingerprint density at radius 3 is 2.94 bits per heavy atom. The smallest absolute Gasteiger partial charge is 0.329 e. The molecular weight excluding hydrogens is 230 g/mol. The van der Waals surface area contributed by atoms with Gasteiger partial charge in [-0.1, -0.05) is 13.8 Å². The number of carbonyl (C=O) groups excluding carboxylic acids is 1. The summed E-state index contributed by atoms with van der Waals surface area (Å²) in [6.45, 7) is 6.04. The Morgan fingerprint density at radius 1 is 1.61 bits per heavy atom. The molecule has 0 radical (unpaired) electrons.